The Morgan fingerprint density at radius 1 is 1.50 bits per heavy atom. The molecule has 1 aliphatic rings. The molecule has 0 bridgehead atoms. The number of hydrogen-bond donors (Lipinski definition) is 1. The average molecular weight is 197 g/mol. The number of allylic oxidation sites excluding steroid dienone is 1. The van der Waals surface area contributed by atoms with Gasteiger partial charge in [0.15, 0.2) is 0 Å². The van der Waals surface area contributed by atoms with Gasteiger partial charge in [-0.15, -0.1) is 6.58 Å². The van der Waals surface area contributed by atoms with Gasteiger partial charge in [0.2, 0.25) is 0 Å². The second-order valence-electron chi connectivity index (χ2n) is 3.85. The summed E-state index contributed by atoms with van der Waals surface area (Å²) in [7, 11) is 0. The van der Waals surface area contributed by atoms with Crippen LogP contribution in [-0.4, -0.2) is 25.5 Å². The molecule has 1 rings (SSSR count). The summed E-state index contributed by atoms with van der Waals surface area (Å²) in [6.45, 7) is 5.40. The largest absolute Gasteiger partial charge is 0.381 e. The minimum atomic E-state index is -0.304. The number of ether oxygens (including phenoxy) is 1. The van der Waals surface area contributed by atoms with Crippen molar-refractivity contribution in [2.45, 2.75) is 25.7 Å². The molecule has 80 valence electrons. The quantitative estimate of drug-likeness (QED) is 0.675. The first-order valence-electron chi connectivity index (χ1n) is 5.17. The van der Waals surface area contributed by atoms with Gasteiger partial charge in [0.25, 0.3) is 0 Å². The molecule has 0 radical (unpaired) electrons. The molecule has 0 saturated carbocycles. The molecule has 2 N–H and O–H groups in total. The van der Waals surface area contributed by atoms with Gasteiger partial charge in [0, 0.05) is 31.6 Å². The Morgan fingerprint density at radius 2 is 2.14 bits per heavy atom. The van der Waals surface area contributed by atoms with Crippen LogP contribution in [0.5, 0.6) is 0 Å². The van der Waals surface area contributed by atoms with Crippen molar-refractivity contribution in [2.75, 3.05) is 19.8 Å². The molecule has 0 aliphatic carbocycles. The Morgan fingerprint density at radius 3 is 2.64 bits per heavy atom. The molecule has 0 unspecified atom stereocenters. The van der Waals surface area contributed by atoms with Crippen LogP contribution in [0.4, 0.5) is 0 Å². The molecule has 1 heterocycles. The molecule has 0 amide bonds. The summed E-state index contributed by atoms with van der Waals surface area (Å²) in [5.74, 6) is 0.281. The van der Waals surface area contributed by atoms with Crippen LogP contribution < -0.4 is 5.73 Å². The summed E-state index contributed by atoms with van der Waals surface area (Å²) in [6, 6.07) is 0. The fourth-order valence-electron chi connectivity index (χ4n) is 1.86. The van der Waals surface area contributed by atoms with Crippen molar-refractivity contribution in [3.8, 4) is 0 Å². The van der Waals surface area contributed by atoms with Gasteiger partial charge in [-0.3, -0.25) is 4.79 Å². The van der Waals surface area contributed by atoms with Crippen LogP contribution in [0.2, 0.25) is 0 Å². The van der Waals surface area contributed by atoms with Gasteiger partial charge in [-0.2, -0.15) is 0 Å². The number of hydrogen-bond acceptors (Lipinski definition) is 3. The van der Waals surface area contributed by atoms with Crippen LogP contribution in [-0.2, 0) is 9.53 Å². The number of Topliss-reactive ketones (excluding diaryl/α,β-unsaturated/α-hetero) is 1. The number of carbonyl (C=O) groups is 1. The Balaban J connectivity index is 2.57. The standard InChI is InChI=1S/C11H19NO2/c1-2-3-4-10(13)11(9-12)5-7-14-8-6-11/h2H,1,3-9,12H2. The maximum Gasteiger partial charge on any atom is 0.140 e. The lowest BCUT2D eigenvalue weighted by molar-refractivity contribution is -0.133. The second kappa shape index (κ2) is 5.27. The van der Waals surface area contributed by atoms with Crippen LogP contribution >= 0.6 is 0 Å². The van der Waals surface area contributed by atoms with E-state index < -0.39 is 0 Å². The first-order chi connectivity index (χ1) is 6.75. The van der Waals surface area contributed by atoms with E-state index in [4.69, 9.17) is 10.5 Å². The molecular formula is C11H19NO2. The third-order valence-electron chi connectivity index (χ3n) is 3.01. The van der Waals surface area contributed by atoms with Crippen molar-refractivity contribution in [3.05, 3.63) is 12.7 Å². The fraction of sp³-hybridized carbons (Fsp3) is 0.727. The Hall–Kier alpha value is -0.670. The number of nitrogens with two attached hydrogens (primary N) is 1. The second-order valence-corrected chi connectivity index (χ2v) is 3.85. The van der Waals surface area contributed by atoms with Gasteiger partial charge in [-0.1, -0.05) is 6.08 Å². The lowest BCUT2D eigenvalue weighted by Crippen LogP contribution is -2.43. The monoisotopic (exact) mass is 197 g/mol. The Bertz CT molecular complexity index is 207. The summed E-state index contributed by atoms with van der Waals surface area (Å²) in [5.41, 5.74) is 5.40. The predicted molar refractivity (Wildman–Crippen MR) is 56.0 cm³/mol. The smallest absolute Gasteiger partial charge is 0.140 e. The molecule has 0 spiro atoms. The molecule has 14 heavy (non-hydrogen) atoms. The number of carbonyl (C=O) groups excluding carboxylic acids is 1. The van der Waals surface area contributed by atoms with Crippen LogP contribution in [0.15, 0.2) is 12.7 Å². The SMILES string of the molecule is C=CCCC(=O)C1(CN)CCOCC1. The number of rotatable bonds is 5. The van der Waals surface area contributed by atoms with Crippen LogP contribution in [0.25, 0.3) is 0 Å². The predicted octanol–water partition coefficient (Wildman–Crippen LogP) is 1.28. The molecule has 0 aromatic rings. The molecule has 0 aromatic heterocycles. The first-order valence-corrected chi connectivity index (χ1v) is 5.17. The highest BCUT2D eigenvalue weighted by atomic mass is 16.5. The Labute approximate surface area is 85.3 Å². The van der Waals surface area contributed by atoms with E-state index in [1.165, 1.54) is 0 Å². The van der Waals surface area contributed by atoms with E-state index in [9.17, 15) is 4.79 Å². The summed E-state index contributed by atoms with van der Waals surface area (Å²) < 4.78 is 5.25. The maximum absolute atomic E-state index is 11.9. The van der Waals surface area contributed by atoms with Crippen molar-refractivity contribution in [1.29, 1.82) is 0 Å². The fourth-order valence-corrected chi connectivity index (χ4v) is 1.86. The molecule has 0 aromatic carbocycles. The zero-order chi connectivity index (χ0) is 10.4. The molecule has 1 fully saturated rings. The van der Waals surface area contributed by atoms with E-state index in [-0.39, 0.29) is 11.2 Å². The molecule has 1 aliphatic heterocycles. The first kappa shape index (κ1) is 11.4. The summed E-state index contributed by atoms with van der Waals surface area (Å²) >= 11 is 0. The Kier molecular flexibility index (Phi) is 4.29. The van der Waals surface area contributed by atoms with Gasteiger partial charge in [-0.25, -0.2) is 0 Å². The summed E-state index contributed by atoms with van der Waals surface area (Å²) in [4.78, 5) is 11.9. The van der Waals surface area contributed by atoms with Gasteiger partial charge in [0.05, 0.1) is 0 Å². The topological polar surface area (TPSA) is 52.3 Å². The highest BCUT2D eigenvalue weighted by Crippen LogP contribution is 2.31. The highest BCUT2D eigenvalue weighted by Gasteiger charge is 2.37. The molecule has 1 saturated heterocycles. The zero-order valence-electron chi connectivity index (χ0n) is 8.63. The van der Waals surface area contributed by atoms with E-state index in [1.54, 1.807) is 6.08 Å². The third kappa shape index (κ3) is 2.42. The van der Waals surface area contributed by atoms with E-state index in [2.05, 4.69) is 6.58 Å². The van der Waals surface area contributed by atoms with Crippen LogP contribution in [0.1, 0.15) is 25.7 Å². The van der Waals surface area contributed by atoms with Crippen molar-refractivity contribution in [3.63, 3.8) is 0 Å². The van der Waals surface area contributed by atoms with Crippen molar-refractivity contribution < 1.29 is 9.53 Å². The van der Waals surface area contributed by atoms with Crippen LogP contribution in [0.3, 0.4) is 0 Å². The number of ketones is 1. The van der Waals surface area contributed by atoms with E-state index >= 15 is 0 Å². The lowest BCUT2D eigenvalue weighted by Gasteiger charge is -2.34. The molecule has 3 heteroatoms. The third-order valence-corrected chi connectivity index (χ3v) is 3.01. The van der Waals surface area contributed by atoms with Crippen molar-refractivity contribution in [2.24, 2.45) is 11.1 Å². The molecule has 3 nitrogen and oxygen atoms in total. The minimum absolute atomic E-state index is 0.281. The van der Waals surface area contributed by atoms with E-state index in [0.717, 1.165) is 19.3 Å². The highest BCUT2D eigenvalue weighted by molar-refractivity contribution is 5.85. The summed E-state index contributed by atoms with van der Waals surface area (Å²) in [6.07, 6.45) is 4.66. The molecule has 0 atom stereocenters. The minimum Gasteiger partial charge on any atom is -0.381 e. The molecular weight excluding hydrogens is 178 g/mol. The van der Waals surface area contributed by atoms with E-state index in [1.807, 2.05) is 0 Å². The van der Waals surface area contributed by atoms with E-state index in [0.29, 0.717) is 26.2 Å². The van der Waals surface area contributed by atoms with Gasteiger partial charge in [0.1, 0.15) is 5.78 Å². The van der Waals surface area contributed by atoms with Gasteiger partial charge < -0.3 is 10.5 Å². The van der Waals surface area contributed by atoms with Crippen molar-refractivity contribution in [1.82, 2.24) is 0 Å². The van der Waals surface area contributed by atoms with Gasteiger partial charge >= 0.3 is 0 Å². The average Bonchev–Trinajstić information content (AvgIpc) is 2.26. The summed E-state index contributed by atoms with van der Waals surface area (Å²) in [5, 5.41) is 0. The normalized spacial score (nSPS) is 20.4. The van der Waals surface area contributed by atoms with Crippen LogP contribution in [0, 0.1) is 5.41 Å². The lowest BCUT2D eigenvalue weighted by atomic mass is 9.75. The van der Waals surface area contributed by atoms with Crippen molar-refractivity contribution >= 4 is 5.78 Å². The van der Waals surface area contributed by atoms with Gasteiger partial charge in [-0.05, 0) is 19.3 Å². The zero-order valence-corrected chi connectivity index (χ0v) is 8.63. The maximum atomic E-state index is 11.9.